The number of ketones is 2. The van der Waals surface area contributed by atoms with Crippen LogP contribution in [-0.2, 0) is 6.42 Å². The molecule has 0 fully saturated rings. The van der Waals surface area contributed by atoms with E-state index in [2.05, 4.69) is 23.5 Å². The highest BCUT2D eigenvalue weighted by Crippen LogP contribution is 2.31. The summed E-state index contributed by atoms with van der Waals surface area (Å²) in [6.45, 7) is 0. The van der Waals surface area contributed by atoms with Crippen LogP contribution in [0.3, 0.4) is 0 Å². The lowest BCUT2D eigenvalue weighted by Gasteiger charge is -2.17. The number of carbonyl (C=O) groups excluding carboxylic acids is 2. The number of carbonyl (C=O) groups is 2. The molecule has 0 atom stereocenters. The van der Waals surface area contributed by atoms with E-state index >= 15 is 0 Å². The minimum atomic E-state index is -0.143. The Kier molecular flexibility index (Phi) is 9.80. The van der Waals surface area contributed by atoms with E-state index in [0.717, 1.165) is 33.6 Å². The average molecular weight is 580 g/mol. The molecule has 5 aromatic carbocycles. The first-order chi connectivity index (χ1) is 21.5. The van der Waals surface area contributed by atoms with Crippen LogP contribution in [0.1, 0.15) is 43.0 Å². The number of benzene rings is 5. The highest BCUT2D eigenvalue weighted by atomic mass is 16.5. The lowest BCUT2D eigenvalue weighted by molar-refractivity contribution is 0.103. The molecule has 5 nitrogen and oxygen atoms in total. The van der Waals surface area contributed by atoms with Crippen LogP contribution < -0.4 is 14.8 Å². The molecule has 0 aliphatic heterocycles. The van der Waals surface area contributed by atoms with E-state index in [9.17, 15) is 9.59 Å². The second kappa shape index (κ2) is 14.5. The molecule has 0 bridgehead atoms. The van der Waals surface area contributed by atoms with Crippen LogP contribution in [0.5, 0.6) is 11.5 Å². The van der Waals surface area contributed by atoms with Crippen molar-refractivity contribution in [3.8, 4) is 11.5 Å². The van der Waals surface area contributed by atoms with E-state index in [1.54, 1.807) is 74.9 Å². The summed E-state index contributed by atoms with van der Waals surface area (Å²) in [4.78, 5) is 26.5. The van der Waals surface area contributed by atoms with Gasteiger partial charge in [-0.05, 0) is 108 Å². The normalized spacial score (nSPS) is 11.0. The number of rotatable bonds is 12. The summed E-state index contributed by atoms with van der Waals surface area (Å²) in [6.07, 6.45) is 7.47. The quantitative estimate of drug-likeness (QED) is 0.118. The Morgan fingerprint density at radius 3 is 1.61 bits per heavy atom. The molecule has 0 aliphatic carbocycles. The summed E-state index contributed by atoms with van der Waals surface area (Å²) in [7, 11) is 3.19. The Balaban J connectivity index is 1.59. The molecule has 5 rings (SSSR count). The Labute approximate surface area is 258 Å². The van der Waals surface area contributed by atoms with Crippen molar-refractivity contribution in [1.82, 2.24) is 0 Å². The largest absolute Gasteiger partial charge is 0.497 e. The van der Waals surface area contributed by atoms with Crippen LogP contribution >= 0.6 is 0 Å². The number of anilines is 2. The molecule has 0 aliphatic rings. The van der Waals surface area contributed by atoms with Gasteiger partial charge in [-0.1, -0.05) is 60.7 Å². The molecule has 5 aromatic rings. The first kappa shape index (κ1) is 29.8. The van der Waals surface area contributed by atoms with Crippen molar-refractivity contribution in [2.24, 2.45) is 0 Å². The zero-order valence-electron chi connectivity index (χ0n) is 24.7. The molecule has 0 saturated carbocycles. The molecule has 0 spiro atoms. The van der Waals surface area contributed by atoms with Gasteiger partial charge in [0.05, 0.1) is 14.2 Å². The summed E-state index contributed by atoms with van der Waals surface area (Å²) in [5.74, 6) is 1.09. The van der Waals surface area contributed by atoms with Crippen LogP contribution in [-0.4, -0.2) is 25.8 Å². The predicted molar refractivity (Wildman–Crippen MR) is 178 cm³/mol. The molecule has 0 unspecified atom stereocenters. The molecule has 44 heavy (non-hydrogen) atoms. The minimum Gasteiger partial charge on any atom is -0.497 e. The molecule has 0 amide bonds. The molecule has 0 radical (unpaired) electrons. The van der Waals surface area contributed by atoms with E-state index in [1.807, 2.05) is 66.7 Å². The van der Waals surface area contributed by atoms with E-state index in [1.165, 1.54) is 0 Å². The van der Waals surface area contributed by atoms with Crippen molar-refractivity contribution in [1.29, 1.82) is 0 Å². The Hall–Kier alpha value is -5.68. The second-order valence-corrected chi connectivity index (χ2v) is 10.1. The van der Waals surface area contributed by atoms with Crippen LogP contribution in [0.2, 0.25) is 0 Å². The van der Waals surface area contributed by atoms with Gasteiger partial charge in [0.1, 0.15) is 11.5 Å². The third-order valence-corrected chi connectivity index (χ3v) is 7.22. The lowest BCUT2D eigenvalue weighted by Crippen LogP contribution is -2.02. The van der Waals surface area contributed by atoms with Gasteiger partial charge in [-0.2, -0.15) is 0 Å². The third kappa shape index (κ3) is 7.58. The van der Waals surface area contributed by atoms with E-state index in [0.29, 0.717) is 29.0 Å². The second-order valence-electron chi connectivity index (χ2n) is 10.1. The van der Waals surface area contributed by atoms with E-state index in [4.69, 9.17) is 9.47 Å². The maximum atomic E-state index is 13.3. The van der Waals surface area contributed by atoms with Crippen LogP contribution in [0.25, 0.3) is 12.2 Å². The van der Waals surface area contributed by atoms with E-state index < -0.39 is 0 Å². The monoisotopic (exact) mass is 579 g/mol. The summed E-state index contributed by atoms with van der Waals surface area (Å²) < 4.78 is 10.5. The van der Waals surface area contributed by atoms with Gasteiger partial charge in [0.2, 0.25) is 0 Å². The van der Waals surface area contributed by atoms with Gasteiger partial charge in [0.25, 0.3) is 0 Å². The van der Waals surface area contributed by atoms with Crippen molar-refractivity contribution >= 4 is 35.1 Å². The van der Waals surface area contributed by atoms with Crippen molar-refractivity contribution in [2.75, 3.05) is 19.5 Å². The average Bonchev–Trinajstić information content (AvgIpc) is 3.08. The number of ether oxygens (including phenoxy) is 2. The van der Waals surface area contributed by atoms with Gasteiger partial charge in [0.15, 0.2) is 11.6 Å². The zero-order valence-corrected chi connectivity index (χ0v) is 24.7. The Morgan fingerprint density at radius 1 is 0.591 bits per heavy atom. The number of nitrogens with one attached hydrogen (secondary N) is 1. The molecule has 0 saturated heterocycles. The van der Waals surface area contributed by atoms with Gasteiger partial charge in [-0.3, -0.25) is 9.59 Å². The fourth-order valence-corrected chi connectivity index (χ4v) is 4.83. The van der Waals surface area contributed by atoms with Crippen molar-refractivity contribution in [2.45, 2.75) is 6.42 Å². The van der Waals surface area contributed by atoms with Crippen molar-refractivity contribution in [3.05, 3.63) is 167 Å². The van der Waals surface area contributed by atoms with Crippen LogP contribution in [0, 0.1) is 0 Å². The van der Waals surface area contributed by atoms with Gasteiger partial charge < -0.3 is 14.8 Å². The first-order valence-electron chi connectivity index (χ1n) is 14.3. The molecule has 1 N–H and O–H groups in total. The summed E-state index contributed by atoms with van der Waals surface area (Å²) in [5, 5.41) is 3.50. The molecule has 5 heteroatoms. The fraction of sp³-hybridized carbons (Fsp3) is 0.0769. The molecular formula is C39H33NO4. The SMILES string of the molecule is COc1ccc(C(=O)/C=C/c2c(Cc3ccccc3)ccc(Nc3ccccc3)c2/C=C/C(=O)c2ccc(OC)cc2)cc1. The van der Waals surface area contributed by atoms with Crippen molar-refractivity contribution < 1.29 is 19.1 Å². The standard InChI is InChI=1S/C39H33NO4/c1-43-33-18-13-29(14-19-33)38(41)25-22-35-31(27-28-9-5-3-6-10-28)17-24-37(40-32-11-7-4-8-12-32)36(35)23-26-39(42)30-15-20-34(44-2)21-16-30/h3-26,40H,27H2,1-2H3/b25-22+,26-23+. The lowest BCUT2D eigenvalue weighted by atomic mass is 9.92. The first-order valence-corrected chi connectivity index (χ1v) is 14.3. The zero-order chi connectivity index (χ0) is 30.7. The Morgan fingerprint density at radius 2 is 1.09 bits per heavy atom. The number of hydrogen-bond donors (Lipinski definition) is 1. The topological polar surface area (TPSA) is 64.6 Å². The maximum absolute atomic E-state index is 13.3. The molecule has 0 heterocycles. The van der Waals surface area contributed by atoms with Gasteiger partial charge in [-0.25, -0.2) is 0 Å². The van der Waals surface area contributed by atoms with E-state index in [-0.39, 0.29) is 11.6 Å². The number of allylic oxidation sites excluding steroid dienone is 2. The number of hydrogen-bond acceptors (Lipinski definition) is 5. The maximum Gasteiger partial charge on any atom is 0.185 e. The van der Waals surface area contributed by atoms with Crippen molar-refractivity contribution in [3.63, 3.8) is 0 Å². The third-order valence-electron chi connectivity index (χ3n) is 7.22. The van der Waals surface area contributed by atoms with Gasteiger partial charge >= 0.3 is 0 Å². The number of methoxy groups -OCH3 is 2. The summed E-state index contributed by atoms with van der Waals surface area (Å²) in [6, 6.07) is 38.2. The van der Waals surface area contributed by atoms with Gasteiger partial charge in [0, 0.05) is 28.1 Å². The molecule has 0 aromatic heterocycles. The smallest absolute Gasteiger partial charge is 0.185 e. The summed E-state index contributed by atoms with van der Waals surface area (Å²) >= 11 is 0. The highest BCUT2D eigenvalue weighted by molar-refractivity contribution is 6.09. The fourth-order valence-electron chi connectivity index (χ4n) is 4.83. The number of para-hydroxylation sites is 1. The highest BCUT2D eigenvalue weighted by Gasteiger charge is 2.13. The predicted octanol–water partition coefficient (Wildman–Crippen LogP) is 8.83. The molecular weight excluding hydrogens is 546 g/mol. The van der Waals surface area contributed by atoms with Crippen LogP contribution in [0.4, 0.5) is 11.4 Å². The summed E-state index contributed by atoms with van der Waals surface area (Å²) in [5.41, 5.74) is 6.61. The van der Waals surface area contributed by atoms with Gasteiger partial charge in [-0.15, -0.1) is 0 Å². The molecule has 218 valence electrons. The Bertz CT molecular complexity index is 1640. The van der Waals surface area contributed by atoms with Crippen LogP contribution in [0.15, 0.2) is 133 Å². The minimum absolute atomic E-state index is 0.135.